The zero-order valence-electron chi connectivity index (χ0n) is 9.30. The van der Waals surface area contributed by atoms with Gasteiger partial charge in [-0.15, -0.1) is 0 Å². The van der Waals surface area contributed by atoms with Crippen molar-refractivity contribution in [2.45, 2.75) is 6.92 Å². The quantitative estimate of drug-likeness (QED) is 0.776. The van der Waals surface area contributed by atoms with Crippen molar-refractivity contribution < 1.29 is 9.53 Å². The van der Waals surface area contributed by atoms with Crippen LogP contribution in [0.4, 0.5) is 5.82 Å². The molecule has 0 fully saturated rings. The predicted octanol–water partition coefficient (Wildman–Crippen LogP) is 1.23. The average molecular weight is 232 g/mol. The van der Waals surface area contributed by atoms with Crippen LogP contribution in [0, 0.1) is 0 Å². The van der Waals surface area contributed by atoms with Crippen molar-refractivity contribution in [3.63, 3.8) is 0 Å². The highest BCUT2D eigenvalue weighted by Gasteiger charge is 2.16. The Balaban J connectivity index is 2.34. The van der Waals surface area contributed by atoms with Crippen LogP contribution in [-0.2, 0) is 4.74 Å². The molecule has 0 bridgehead atoms. The highest BCUT2D eigenvalue weighted by Crippen LogP contribution is 2.19. The first-order chi connectivity index (χ1) is 8.22. The van der Waals surface area contributed by atoms with E-state index in [1.807, 2.05) is 0 Å². The molecule has 2 rings (SSSR count). The number of anilines is 1. The Bertz CT molecular complexity index is 522. The van der Waals surface area contributed by atoms with Gasteiger partial charge in [0.25, 0.3) is 0 Å². The number of rotatable bonds is 3. The number of nitrogens with one attached hydrogen (secondary N) is 1. The Kier molecular flexibility index (Phi) is 3.04. The Morgan fingerprint density at radius 3 is 2.82 bits per heavy atom. The van der Waals surface area contributed by atoms with E-state index in [9.17, 15) is 4.79 Å². The number of esters is 1. The number of imidazole rings is 1. The first-order valence-corrected chi connectivity index (χ1v) is 5.15. The molecule has 0 aliphatic carbocycles. The lowest BCUT2D eigenvalue weighted by Gasteiger charge is -1.98. The molecule has 0 aromatic carbocycles. The van der Waals surface area contributed by atoms with Gasteiger partial charge < -0.3 is 15.5 Å². The molecular formula is C11H12N4O2. The highest BCUT2D eigenvalue weighted by atomic mass is 16.5. The van der Waals surface area contributed by atoms with Crippen LogP contribution in [0.15, 0.2) is 24.5 Å². The van der Waals surface area contributed by atoms with Crippen molar-refractivity contribution >= 4 is 11.8 Å². The fourth-order valence-electron chi connectivity index (χ4n) is 1.39. The van der Waals surface area contributed by atoms with Gasteiger partial charge in [-0.25, -0.2) is 9.78 Å². The molecule has 2 heterocycles. The predicted molar refractivity (Wildman–Crippen MR) is 62.2 cm³/mol. The van der Waals surface area contributed by atoms with Crippen molar-refractivity contribution in [3.8, 4) is 11.4 Å². The first kappa shape index (κ1) is 11.1. The number of H-pyrrole nitrogens is 1. The highest BCUT2D eigenvalue weighted by molar-refractivity contribution is 5.93. The average Bonchev–Trinajstić information content (AvgIpc) is 2.73. The second kappa shape index (κ2) is 4.65. The van der Waals surface area contributed by atoms with Gasteiger partial charge >= 0.3 is 5.97 Å². The standard InChI is InChI=1S/C11H12N4O2/c1-2-17-11(16)8-9(12)15-10(14-8)7-3-5-13-6-4-7/h3-6H,2,12H2,1H3,(H,14,15). The molecule has 0 spiro atoms. The summed E-state index contributed by atoms with van der Waals surface area (Å²) in [5.74, 6) is 0.154. The number of aromatic amines is 1. The number of nitrogens with two attached hydrogens (primary N) is 1. The molecule has 0 atom stereocenters. The fraction of sp³-hybridized carbons (Fsp3) is 0.182. The van der Waals surface area contributed by atoms with Crippen molar-refractivity contribution in [2.75, 3.05) is 12.3 Å². The fourth-order valence-corrected chi connectivity index (χ4v) is 1.39. The molecule has 6 heteroatoms. The lowest BCUT2D eigenvalue weighted by molar-refractivity contribution is 0.0521. The van der Waals surface area contributed by atoms with Gasteiger partial charge in [0.2, 0.25) is 0 Å². The second-order valence-electron chi connectivity index (χ2n) is 3.30. The summed E-state index contributed by atoms with van der Waals surface area (Å²) in [6.07, 6.45) is 3.27. The minimum Gasteiger partial charge on any atom is -0.461 e. The molecule has 88 valence electrons. The SMILES string of the molecule is CCOC(=O)c1[nH]c(-c2ccncc2)nc1N. The molecule has 3 N–H and O–H groups in total. The maximum atomic E-state index is 11.5. The van der Waals surface area contributed by atoms with E-state index in [1.165, 1.54) is 0 Å². The molecule has 0 aliphatic heterocycles. The van der Waals surface area contributed by atoms with Crippen molar-refractivity contribution in [1.29, 1.82) is 0 Å². The van der Waals surface area contributed by atoms with Crippen LogP contribution in [0.5, 0.6) is 0 Å². The Hall–Kier alpha value is -2.37. The van der Waals surface area contributed by atoms with E-state index in [0.29, 0.717) is 12.4 Å². The topological polar surface area (TPSA) is 93.9 Å². The van der Waals surface area contributed by atoms with Crippen molar-refractivity contribution in [2.24, 2.45) is 0 Å². The van der Waals surface area contributed by atoms with Gasteiger partial charge in [0.1, 0.15) is 5.82 Å². The Labute approximate surface area is 97.8 Å². The van der Waals surface area contributed by atoms with Crippen LogP contribution in [0.2, 0.25) is 0 Å². The van der Waals surface area contributed by atoms with Crippen LogP contribution >= 0.6 is 0 Å². The van der Waals surface area contributed by atoms with E-state index >= 15 is 0 Å². The van der Waals surface area contributed by atoms with Gasteiger partial charge in [-0.1, -0.05) is 0 Å². The maximum Gasteiger partial charge on any atom is 0.358 e. The summed E-state index contributed by atoms with van der Waals surface area (Å²) in [5.41, 5.74) is 6.64. The molecule has 0 saturated carbocycles. The number of ether oxygens (including phenoxy) is 1. The first-order valence-electron chi connectivity index (χ1n) is 5.15. The number of nitrogen functional groups attached to an aromatic ring is 1. The lowest BCUT2D eigenvalue weighted by atomic mass is 10.2. The van der Waals surface area contributed by atoms with Crippen LogP contribution in [0.25, 0.3) is 11.4 Å². The minimum atomic E-state index is -0.502. The molecule has 2 aromatic rings. The molecule has 2 aromatic heterocycles. The minimum absolute atomic E-state index is 0.135. The summed E-state index contributed by atoms with van der Waals surface area (Å²) in [6, 6.07) is 3.54. The van der Waals surface area contributed by atoms with Crippen LogP contribution in [0.3, 0.4) is 0 Å². The van der Waals surface area contributed by atoms with Crippen molar-refractivity contribution in [1.82, 2.24) is 15.0 Å². The molecule has 0 amide bonds. The summed E-state index contributed by atoms with van der Waals surface area (Å²) >= 11 is 0. The van der Waals surface area contributed by atoms with E-state index in [2.05, 4.69) is 15.0 Å². The number of aromatic nitrogens is 3. The molecule has 6 nitrogen and oxygen atoms in total. The molecule has 0 saturated heterocycles. The number of carbonyl (C=O) groups excluding carboxylic acids is 1. The molecule has 17 heavy (non-hydrogen) atoms. The van der Waals surface area contributed by atoms with E-state index in [0.717, 1.165) is 5.56 Å². The second-order valence-corrected chi connectivity index (χ2v) is 3.30. The molecular weight excluding hydrogens is 220 g/mol. The monoisotopic (exact) mass is 232 g/mol. The summed E-state index contributed by atoms with van der Waals surface area (Å²) in [5, 5.41) is 0. The van der Waals surface area contributed by atoms with Gasteiger partial charge in [0.15, 0.2) is 11.5 Å². The number of pyridine rings is 1. The van der Waals surface area contributed by atoms with Gasteiger partial charge in [-0.3, -0.25) is 4.98 Å². The molecule has 0 unspecified atom stereocenters. The zero-order valence-corrected chi connectivity index (χ0v) is 9.30. The Morgan fingerprint density at radius 2 is 2.18 bits per heavy atom. The van der Waals surface area contributed by atoms with Crippen LogP contribution in [-0.4, -0.2) is 27.5 Å². The number of carbonyl (C=O) groups is 1. The lowest BCUT2D eigenvalue weighted by Crippen LogP contribution is -2.07. The smallest absolute Gasteiger partial charge is 0.358 e. The Morgan fingerprint density at radius 1 is 1.47 bits per heavy atom. The summed E-state index contributed by atoms with van der Waals surface area (Å²) < 4.78 is 4.86. The van der Waals surface area contributed by atoms with Crippen molar-refractivity contribution in [3.05, 3.63) is 30.2 Å². The zero-order chi connectivity index (χ0) is 12.3. The van der Waals surface area contributed by atoms with E-state index < -0.39 is 5.97 Å². The van der Waals surface area contributed by atoms with E-state index in [1.54, 1.807) is 31.5 Å². The van der Waals surface area contributed by atoms with Crippen LogP contribution in [0.1, 0.15) is 17.4 Å². The molecule has 0 radical (unpaired) electrons. The third kappa shape index (κ3) is 2.25. The van der Waals surface area contributed by atoms with E-state index in [-0.39, 0.29) is 11.5 Å². The van der Waals surface area contributed by atoms with E-state index in [4.69, 9.17) is 10.5 Å². The summed E-state index contributed by atoms with van der Waals surface area (Å²) in [7, 11) is 0. The van der Waals surface area contributed by atoms with Gasteiger partial charge in [-0.2, -0.15) is 0 Å². The molecule has 0 aliphatic rings. The summed E-state index contributed by atoms with van der Waals surface area (Å²) in [4.78, 5) is 22.3. The number of hydrogen-bond acceptors (Lipinski definition) is 5. The third-order valence-electron chi connectivity index (χ3n) is 2.17. The number of hydrogen-bond donors (Lipinski definition) is 2. The van der Waals surface area contributed by atoms with Gasteiger partial charge in [-0.05, 0) is 19.1 Å². The summed E-state index contributed by atoms with van der Waals surface area (Å²) in [6.45, 7) is 2.02. The normalized spacial score (nSPS) is 10.2. The maximum absolute atomic E-state index is 11.5. The third-order valence-corrected chi connectivity index (χ3v) is 2.17. The van der Waals surface area contributed by atoms with Crippen LogP contribution < -0.4 is 5.73 Å². The number of nitrogens with zero attached hydrogens (tertiary/aromatic N) is 2. The van der Waals surface area contributed by atoms with Gasteiger partial charge in [0, 0.05) is 18.0 Å². The largest absolute Gasteiger partial charge is 0.461 e. The van der Waals surface area contributed by atoms with Gasteiger partial charge in [0.05, 0.1) is 6.61 Å².